The Hall–Kier alpha value is -1.69. The number of nitrogens with one attached hydrogen (secondary N) is 1. The second-order valence-electron chi connectivity index (χ2n) is 4.34. The summed E-state index contributed by atoms with van der Waals surface area (Å²) in [6.07, 6.45) is 1.91. The largest absolute Gasteiger partial charge is 0.321 e. The molecule has 0 bridgehead atoms. The van der Waals surface area contributed by atoms with Gasteiger partial charge in [-0.15, -0.1) is 11.3 Å². The van der Waals surface area contributed by atoms with E-state index in [0.29, 0.717) is 5.69 Å². The second kappa shape index (κ2) is 5.52. The van der Waals surface area contributed by atoms with Gasteiger partial charge in [0.15, 0.2) is 0 Å². The molecule has 1 amide bonds. The Morgan fingerprint density at radius 2 is 2.32 bits per heavy atom. The molecule has 0 aliphatic rings. The maximum absolute atomic E-state index is 13.8. The van der Waals surface area contributed by atoms with Crippen molar-refractivity contribution in [3.63, 3.8) is 0 Å². The SMILES string of the molecule is CCCc1sccc1NC(=O)c1c(C)nn(C)c1F. The molecule has 2 heterocycles. The van der Waals surface area contributed by atoms with Crippen molar-refractivity contribution in [2.24, 2.45) is 7.05 Å². The first-order chi connectivity index (χ1) is 9.04. The van der Waals surface area contributed by atoms with Crippen molar-refractivity contribution in [1.82, 2.24) is 9.78 Å². The highest BCUT2D eigenvalue weighted by Gasteiger charge is 2.21. The normalized spacial score (nSPS) is 10.7. The minimum Gasteiger partial charge on any atom is -0.321 e. The van der Waals surface area contributed by atoms with Gasteiger partial charge in [0.2, 0.25) is 5.95 Å². The molecule has 0 saturated carbocycles. The van der Waals surface area contributed by atoms with Gasteiger partial charge in [-0.1, -0.05) is 13.3 Å². The van der Waals surface area contributed by atoms with Crippen LogP contribution in [0.3, 0.4) is 0 Å². The van der Waals surface area contributed by atoms with E-state index in [1.807, 2.05) is 11.4 Å². The summed E-state index contributed by atoms with van der Waals surface area (Å²) in [5.74, 6) is -1.05. The summed E-state index contributed by atoms with van der Waals surface area (Å²) in [4.78, 5) is 13.2. The third kappa shape index (κ3) is 2.68. The fourth-order valence-corrected chi connectivity index (χ4v) is 2.88. The van der Waals surface area contributed by atoms with Gasteiger partial charge in [-0.05, 0) is 24.8 Å². The summed E-state index contributed by atoms with van der Waals surface area (Å²) >= 11 is 1.60. The summed E-state index contributed by atoms with van der Waals surface area (Å²) in [7, 11) is 1.48. The van der Waals surface area contributed by atoms with Crippen molar-refractivity contribution in [1.29, 1.82) is 0 Å². The van der Waals surface area contributed by atoms with Crippen LogP contribution in [0.5, 0.6) is 0 Å². The molecule has 0 aliphatic carbocycles. The maximum Gasteiger partial charge on any atom is 0.262 e. The van der Waals surface area contributed by atoms with E-state index in [4.69, 9.17) is 0 Å². The number of nitrogens with zero attached hydrogens (tertiary/aromatic N) is 2. The Morgan fingerprint density at radius 3 is 2.89 bits per heavy atom. The lowest BCUT2D eigenvalue weighted by Crippen LogP contribution is -2.15. The molecule has 0 aliphatic heterocycles. The number of thiophene rings is 1. The zero-order valence-corrected chi connectivity index (χ0v) is 12.0. The molecular formula is C13H16FN3OS. The van der Waals surface area contributed by atoms with Crippen molar-refractivity contribution in [2.75, 3.05) is 5.32 Å². The first-order valence-electron chi connectivity index (χ1n) is 6.11. The number of amides is 1. The lowest BCUT2D eigenvalue weighted by molar-refractivity contribution is 0.102. The van der Waals surface area contributed by atoms with Crippen LogP contribution in [-0.2, 0) is 13.5 Å². The minimum absolute atomic E-state index is 0.0103. The van der Waals surface area contributed by atoms with Crippen LogP contribution in [0.2, 0.25) is 0 Å². The Bertz CT molecular complexity index is 603. The van der Waals surface area contributed by atoms with Gasteiger partial charge in [-0.2, -0.15) is 9.49 Å². The molecule has 0 spiro atoms. The van der Waals surface area contributed by atoms with Crippen molar-refractivity contribution in [3.8, 4) is 0 Å². The lowest BCUT2D eigenvalue weighted by Gasteiger charge is -2.05. The van der Waals surface area contributed by atoms with E-state index in [9.17, 15) is 9.18 Å². The number of rotatable bonds is 4. The zero-order valence-electron chi connectivity index (χ0n) is 11.2. The number of anilines is 1. The predicted octanol–water partition coefficient (Wildman–Crippen LogP) is 3.13. The molecule has 0 radical (unpaired) electrons. The van der Waals surface area contributed by atoms with E-state index < -0.39 is 11.9 Å². The third-order valence-corrected chi connectivity index (χ3v) is 3.83. The summed E-state index contributed by atoms with van der Waals surface area (Å²) in [5, 5.41) is 8.59. The van der Waals surface area contributed by atoms with Gasteiger partial charge < -0.3 is 5.32 Å². The average molecular weight is 281 g/mol. The standard InChI is InChI=1S/C13H16FN3OS/c1-4-5-10-9(6-7-19-10)15-13(18)11-8(2)16-17(3)12(11)14/h6-7H,4-5H2,1-3H3,(H,15,18). The van der Waals surface area contributed by atoms with Crippen LogP contribution in [-0.4, -0.2) is 15.7 Å². The first kappa shape index (κ1) is 13.7. The molecule has 0 aromatic carbocycles. The lowest BCUT2D eigenvalue weighted by atomic mass is 10.2. The van der Waals surface area contributed by atoms with Crippen LogP contribution < -0.4 is 5.32 Å². The minimum atomic E-state index is -0.609. The number of carbonyl (C=O) groups excluding carboxylic acids is 1. The molecule has 6 heteroatoms. The number of hydrogen-bond donors (Lipinski definition) is 1. The number of aromatic nitrogens is 2. The van der Waals surface area contributed by atoms with E-state index in [-0.39, 0.29) is 5.56 Å². The third-order valence-electron chi connectivity index (χ3n) is 2.85. The van der Waals surface area contributed by atoms with E-state index in [2.05, 4.69) is 17.3 Å². The number of aryl methyl sites for hydroxylation is 3. The van der Waals surface area contributed by atoms with Gasteiger partial charge in [0.05, 0.1) is 11.4 Å². The first-order valence-corrected chi connectivity index (χ1v) is 6.99. The van der Waals surface area contributed by atoms with Crippen LogP contribution in [0.15, 0.2) is 11.4 Å². The van der Waals surface area contributed by atoms with Crippen molar-refractivity contribution in [2.45, 2.75) is 26.7 Å². The molecule has 1 N–H and O–H groups in total. The molecule has 102 valence electrons. The van der Waals surface area contributed by atoms with Crippen molar-refractivity contribution >= 4 is 22.9 Å². The highest BCUT2D eigenvalue weighted by atomic mass is 32.1. The second-order valence-corrected chi connectivity index (χ2v) is 5.34. The molecule has 4 nitrogen and oxygen atoms in total. The van der Waals surface area contributed by atoms with E-state index >= 15 is 0 Å². The predicted molar refractivity (Wildman–Crippen MR) is 74.2 cm³/mol. The number of hydrogen-bond acceptors (Lipinski definition) is 3. The van der Waals surface area contributed by atoms with Crippen LogP contribution in [0, 0.1) is 12.9 Å². The number of carbonyl (C=O) groups is 1. The van der Waals surface area contributed by atoms with E-state index in [1.54, 1.807) is 18.3 Å². The molecular weight excluding hydrogens is 265 g/mol. The summed E-state index contributed by atoms with van der Waals surface area (Å²) in [6, 6.07) is 1.84. The highest BCUT2D eigenvalue weighted by molar-refractivity contribution is 7.10. The monoisotopic (exact) mass is 281 g/mol. The van der Waals surface area contributed by atoms with Crippen LogP contribution in [0.1, 0.15) is 34.3 Å². The highest BCUT2D eigenvalue weighted by Crippen LogP contribution is 2.25. The fraction of sp³-hybridized carbons (Fsp3) is 0.385. The van der Waals surface area contributed by atoms with Gasteiger partial charge in [0.1, 0.15) is 5.56 Å². The maximum atomic E-state index is 13.8. The van der Waals surface area contributed by atoms with E-state index in [1.165, 1.54) is 7.05 Å². The van der Waals surface area contributed by atoms with Crippen LogP contribution >= 0.6 is 11.3 Å². The molecule has 0 atom stereocenters. The zero-order chi connectivity index (χ0) is 14.0. The van der Waals surface area contributed by atoms with Crippen molar-refractivity contribution < 1.29 is 9.18 Å². The molecule has 0 fully saturated rings. The van der Waals surface area contributed by atoms with Gasteiger partial charge in [0.25, 0.3) is 5.91 Å². The Labute approximate surface area is 115 Å². The topological polar surface area (TPSA) is 46.9 Å². The Kier molecular flexibility index (Phi) is 3.99. The van der Waals surface area contributed by atoms with Crippen LogP contribution in [0.4, 0.5) is 10.1 Å². The van der Waals surface area contributed by atoms with Gasteiger partial charge in [0, 0.05) is 11.9 Å². The molecule has 2 aromatic rings. The van der Waals surface area contributed by atoms with Gasteiger partial charge in [-0.25, -0.2) is 4.68 Å². The number of halogens is 1. The Morgan fingerprint density at radius 1 is 1.58 bits per heavy atom. The quantitative estimate of drug-likeness (QED) is 0.936. The smallest absolute Gasteiger partial charge is 0.262 e. The van der Waals surface area contributed by atoms with Crippen LogP contribution in [0.25, 0.3) is 0 Å². The molecule has 2 aromatic heterocycles. The van der Waals surface area contributed by atoms with Gasteiger partial charge >= 0.3 is 0 Å². The molecule has 0 unspecified atom stereocenters. The van der Waals surface area contributed by atoms with E-state index in [0.717, 1.165) is 28.1 Å². The molecule has 2 rings (SSSR count). The summed E-state index contributed by atoms with van der Waals surface area (Å²) in [5.41, 5.74) is 1.17. The fourth-order valence-electron chi connectivity index (χ4n) is 1.95. The summed E-state index contributed by atoms with van der Waals surface area (Å²) in [6.45, 7) is 3.70. The molecule has 19 heavy (non-hydrogen) atoms. The summed E-state index contributed by atoms with van der Waals surface area (Å²) < 4.78 is 14.9. The van der Waals surface area contributed by atoms with Crippen molar-refractivity contribution in [3.05, 3.63) is 33.5 Å². The average Bonchev–Trinajstić information content (AvgIpc) is 2.86. The van der Waals surface area contributed by atoms with Gasteiger partial charge in [-0.3, -0.25) is 4.79 Å². The Balaban J connectivity index is 2.23. The molecule has 0 saturated heterocycles.